The van der Waals surface area contributed by atoms with Gasteiger partial charge in [0.15, 0.2) is 0 Å². The Bertz CT molecular complexity index is 376. The maximum atomic E-state index is 8.76. The minimum atomic E-state index is -0.0249. The Morgan fingerprint density at radius 2 is 2.00 bits per heavy atom. The lowest BCUT2D eigenvalue weighted by molar-refractivity contribution is 0.222. The second-order valence-electron chi connectivity index (χ2n) is 4.29. The molecule has 0 radical (unpaired) electrons. The molecule has 1 rings (SSSR count). The molecule has 1 aromatic heterocycles. The Kier molecular flexibility index (Phi) is 6.07. The topological polar surface area (TPSA) is 80.2 Å². The van der Waals surface area contributed by atoms with E-state index in [1.165, 1.54) is 0 Å². The van der Waals surface area contributed by atoms with Crippen LogP contribution in [0, 0.1) is 0 Å². The molecule has 0 amide bonds. The molecule has 1 heterocycles. The zero-order chi connectivity index (χ0) is 13.5. The largest absolute Gasteiger partial charge is 0.461 e. The van der Waals surface area contributed by atoms with Crippen molar-refractivity contribution in [2.75, 3.05) is 11.9 Å². The first-order valence-electron chi connectivity index (χ1n) is 5.97. The number of aliphatic hydroxyl groups is 1. The lowest BCUT2D eigenvalue weighted by atomic mass is 10.2. The summed E-state index contributed by atoms with van der Waals surface area (Å²) in [5.41, 5.74) is 0. The molecule has 0 aliphatic rings. The van der Waals surface area contributed by atoms with Crippen LogP contribution in [-0.2, 0) is 0 Å². The summed E-state index contributed by atoms with van der Waals surface area (Å²) in [5.74, 6) is 0.385. The summed E-state index contributed by atoms with van der Waals surface area (Å²) in [6, 6.07) is 0.351. The quantitative estimate of drug-likeness (QED) is 0.790. The van der Waals surface area contributed by atoms with E-state index in [2.05, 4.69) is 20.3 Å². The van der Waals surface area contributed by atoms with Gasteiger partial charge < -0.3 is 15.2 Å². The molecule has 0 saturated heterocycles. The smallest absolute Gasteiger partial charge is 0.322 e. The highest BCUT2D eigenvalue weighted by Crippen LogP contribution is 2.14. The van der Waals surface area contributed by atoms with E-state index in [1.807, 2.05) is 20.8 Å². The maximum Gasteiger partial charge on any atom is 0.322 e. The van der Waals surface area contributed by atoms with Crippen LogP contribution in [0.5, 0.6) is 6.01 Å². The number of ether oxygens (including phenoxy) is 1. The van der Waals surface area contributed by atoms with Crippen LogP contribution in [0.25, 0.3) is 0 Å². The van der Waals surface area contributed by atoms with Gasteiger partial charge in [-0.05, 0) is 45.2 Å². The van der Waals surface area contributed by atoms with Crippen molar-refractivity contribution in [3.8, 4) is 6.01 Å². The molecule has 0 spiro atoms. The number of anilines is 1. The predicted octanol–water partition coefficient (Wildman–Crippen LogP) is 1.89. The molecular weight excluding hydrogens is 256 g/mol. The molecule has 2 N–H and O–H groups in total. The molecule has 6 nitrogen and oxygen atoms in total. The second kappa shape index (κ2) is 7.33. The van der Waals surface area contributed by atoms with E-state index in [9.17, 15) is 0 Å². The molecule has 0 fully saturated rings. The summed E-state index contributed by atoms with van der Waals surface area (Å²) in [6.45, 7) is 5.92. The third-order valence-corrected chi connectivity index (χ3v) is 2.27. The Labute approximate surface area is 112 Å². The van der Waals surface area contributed by atoms with Crippen molar-refractivity contribution >= 4 is 17.5 Å². The van der Waals surface area contributed by atoms with Gasteiger partial charge in [-0.15, -0.1) is 0 Å². The van der Waals surface area contributed by atoms with Gasteiger partial charge >= 0.3 is 6.01 Å². The molecular formula is C11H19ClN4O2. The average molecular weight is 275 g/mol. The van der Waals surface area contributed by atoms with Gasteiger partial charge in [0, 0.05) is 12.6 Å². The number of aliphatic hydroxyl groups excluding tert-OH is 1. The summed E-state index contributed by atoms with van der Waals surface area (Å²) in [7, 11) is 0. The molecule has 102 valence electrons. The van der Waals surface area contributed by atoms with Crippen molar-refractivity contribution < 1.29 is 9.84 Å². The minimum absolute atomic E-state index is 0.0249. The molecule has 18 heavy (non-hydrogen) atoms. The van der Waals surface area contributed by atoms with E-state index in [1.54, 1.807) is 0 Å². The summed E-state index contributed by atoms with van der Waals surface area (Å²) in [5, 5.41) is 11.9. The average Bonchev–Trinajstić information content (AvgIpc) is 2.24. The van der Waals surface area contributed by atoms with Crippen molar-refractivity contribution in [3.05, 3.63) is 5.28 Å². The number of nitrogens with one attached hydrogen (secondary N) is 1. The summed E-state index contributed by atoms with van der Waals surface area (Å²) in [6.07, 6.45) is 1.52. The van der Waals surface area contributed by atoms with Crippen LogP contribution < -0.4 is 10.1 Å². The van der Waals surface area contributed by atoms with Crippen LogP contribution >= 0.6 is 11.6 Å². The Morgan fingerprint density at radius 1 is 1.28 bits per heavy atom. The first-order chi connectivity index (χ1) is 8.51. The molecule has 7 heteroatoms. The maximum absolute atomic E-state index is 8.76. The fraction of sp³-hybridized carbons (Fsp3) is 0.727. The first-order valence-corrected chi connectivity index (χ1v) is 6.34. The highest BCUT2D eigenvalue weighted by atomic mass is 35.5. The molecule has 1 unspecified atom stereocenters. The van der Waals surface area contributed by atoms with Gasteiger partial charge in [-0.25, -0.2) is 0 Å². The lowest BCUT2D eigenvalue weighted by Crippen LogP contribution is -2.18. The highest BCUT2D eigenvalue weighted by molar-refractivity contribution is 6.28. The van der Waals surface area contributed by atoms with Crippen molar-refractivity contribution in [1.82, 2.24) is 15.0 Å². The van der Waals surface area contributed by atoms with E-state index >= 15 is 0 Å². The normalized spacial score (nSPS) is 12.6. The molecule has 1 aromatic rings. The first kappa shape index (κ1) is 14.9. The third kappa shape index (κ3) is 5.46. The predicted molar refractivity (Wildman–Crippen MR) is 70.0 cm³/mol. The standard InChI is InChI=1S/C11H19ClN4O2/c1-7(2)18-11-15-9(12)14-10(16-11)13-8(3)5-4-6-17/h7-8,17H,4-6H2,1-3H3,(H,13,14,15,16). The second-order valence-corrected chi connectivity index (χ2v) is 4.63. The van der Waals surface area contributed by atoms with Gasteiger partial charge in [0.25, 0.3) is 0 Å². The molecule has 0 aromatic carbocycles. The number of halogens is 1. The number of aromatic nitrogens is 3. The van der Waals surface area contributed by atoms with Gasteiger partial charge in [0.2, 0.25) is 11.2 Å². The SMILES string of the molecule is CC(CCCO)Nc1nc(Cl)nc(OC(C)C)n1. The van der Waals surface area contributed by atoms with Crippen LogP contribution in [-0.4, -0.2) is 38.8 Å². The van der Waals surface area contributed by atoms with Crippen LogP contribution in [0.3, 0.4) is 0 Å². The number of rotatable bonds is 7. The van der Waals surface area contributed by atoms with Gasteiger partial charge in [-0.2, -0.15) is 15.0 Å². The van der Waals surface area contributed by atoms with Crippen LogP contribution in [0.2, 0.25) is 5.28 Å². The molecule has 0 aliphatic heterocycles. The zero-order valence-electron chi connectivity index (χ0n) is 10.9. The lowest BCUT2D eigenvalue weighted by Gasteiger charge is -2.14. The molecule has 0 saturated carbocycles. The number of nitrogens with zero attached hydrogens (tertiary/aromatic N) is 3. The third-order valence-electron chi connectivity index (χ3n) is 2.10. The fourth-order valence-electron chi connectivity index (χ4n) is 1.35. The highest BCUT2D eigenvalue weighted by Gasteiger charge is 2.09. The Morgan fingerprint density at radius 3 is 2.61 bits per heavy atom. The van der Waals surface area contributed by atoms with Crippen molar-refractivity contribution in [1.29, 1.82) is 0 Å². The van der Waals surface area contributed by atoms with Crippen molar-refractivity contribution in [3.63, 3.8) is 0 Å². The molecule has 0 bridgehead atoms. The summed E-state index contributed by atoms with van der Waals surface area (Å²) < 4.78 is 5.37. The minimum Gasteiger partial charge on any atom is -0.461 e. The Hall–Kier alpha value is -1.14. The summed E-state index contributed by atoms with van der Waals surface area (Å²) >= 11 is 5.80. The molecule has 1 atom stereocenters. The van der Waals surface area contributed by atoms with Gasteiger partial charge in [-0.1, -0.05) is 0 Å². The monoisotopic (exact) mass is 274 g/mol. The fourth-order valence-corrected chi connectivity index (χ4v) is 1.50. The molecule has 0 aliphatic carbocycles. The van der Waals surface area contributed by atoms with Crippen molar-refractivity contribution in [2.24, 2.45) is 0 Å². The van der Waals surface area contributed by atoms with E-state index < -0.39 is 0 Å². The van der Waals surface area contributed by atoms with E-state index in [0.29, 0.717) is 5.95 Å². The van der Waals surface area contributed by atoms with Gasteiger partial charge in [0.1, 0.15) is 0 Å². The summed E-state index contributed by atoms with van der Waals surface area (Å²) in [4.78, 5) is 12.0. The zero-order valence-corrected chi connectivity index (χ0v) is 11.6. The van der Waals surface area contributed by atoms with Gasteiger partial charge in [0.05, 0.1) is 6.10 Å². The van der Waals surface area contributed by atoms with Crippen LogP contribution in [0.1, 0.15) is 33.6 Å². The number of hydrogen-bond donors (Lipinski definition) is 2. The van der Waals surface area contributed by atoms with E-state index in [4.69, 9.17) is 21.4 Å². The van der Waals surface area contributed by atoms with E-state index in [-0.39, 0.29) is 30.0 Å². The van der Waals surface area contributed by atoms with Crippen LogP contribution in [0.15, 0.2) is 0 Å². The Balaban J connectivity index is 2.67. The number of hydrogen-bond acceptors (Lipinski definition) is 6. The van der Waals surface area contributed by atoms with Crippen LogP contribution in [0.4, 0.5) is 5.95 Å². The van der Waals surface area contributed by atoms with Crippen molar-refractivity contribution in [2.45, 2.75) is 45.8 Å². The van der Waals surface area contributed by atoms with E-state index in [0.717, 1.165) is 12.8 Å². The van der Waals surface area contributed by atoms with Gasteiger partial charge in [-0.3, -0.25) is 0 Å².